The number of carboxylic acid groups (broad SMARTS) is 1. The molecular weight excluding hydrogens is 280 g/mol. The van der Waals surface area contributed by atoms with Crippen molar-refractivity contribution in [3.05, 3.63) is 18.0 Å². The van der Waals surface area contributed by atoms with Crippen molar-refractivity contribution < 1.29 is 18.3 Å². The van der Waals surface area contributed by atoms with Crippen LogP contribution in [0.2, 0.25) is 0 Å². The van der Waals surface area contributed by atoms with E-state index in [1.54, 1.807) is 0 Å². The summed E-state index contributed by atoms with van der Waals surface area (Å²) < 4.78 is 27.9. The summed E-state index contributed by atoms with van der Waals surface area (Å²) in [6.07, 6.45) is 2.19. The quantitative estimate of drug-likeness (QED) is 0.915. The fourth-order valence-corrected chi connectivity index (χ4v) is 4.11. The van der Waals surface area contributed by atoms with Crippen molar-refractivity contribution >= 4 is 16.0 Å². The Balaban J connectivity index is 2.31. The molecule has 2 rings (SSSR count). The molecule has 1 aliphatic rings. The van der Waals surface area contributed by atoms with Gasteiger partial charge < -0.3 is 9.67 Å². The number of aromatic carboxylic acids is 1. The third-order valence-corrected chi connectivity index (χ3v) is 5.96. The second-order valence-corrected chi connectivity index (χ2v) is 7.52. The highest BCUT2D eigenvalue weighted by Gasteiger charge is 2.33. The Morgan fingerprint density at radius 3 is 2.50 bits per heavy atom. The predicted octanol–water partition coefficient (Wildman–Crippen LogP) is 1.39. The highest BCUT2D eigenvalue weighted by Crippen LogP contribution is 2.27. The maximum atomic E-state index is 12.5. The van der Waals surface area contributed by atoms with Crippen LogP contribution < -0.4 is 0 Å². The highest BCUT2D eigenvalue weighted by atomic mass is 32.2. The summed E-state index contributed by atoms with van der Waals surface area (Å²) in [7, 11) is -2.07. The van der Waals surface area contributed by atoms with Crippen LogP contribution in [-0.4, -0.2) is 41.5 Å². The lowest BCUT2D eigenvalue weighted by Crippen LogP contribution is -2.42. The Hall–Kier alpha value is -1.34. The Morgan fingerprint density at radius 2 is 2.00 bits per heavy atom. The van der Waals surface area contributed by atoms with Crippen molar-refractivity contribution in [2.75, 3.05) is 13.1 Å². The molecule has 0 bridgehead atoms. The molecular formula is C13H20N2O4S. The van der Waals surface area contributed by atoms with Gasteiger partial charge in [0.2, 0.25) is 10.0 Å². The monoisotopic (exact) mass is 300 g/mol. The van der Waals surface area contributed by atoms with E-state index in [0.29, 0.717) is 24.9 Å². The Morgan fingerprint density at radius 1 is 1.35 bits per heavy atom. The zero-order chi connectivity index (χ0) is 15.1. The molecule has 2 atom stereocenters. The molecule has 20 heavy (non-hydrogen) atoms. The number of sulfonamides is 1. The maximum Gasteiger partial charge on any atom is 0.352 e. The molecule has 2 unspecified atom stereocenters. The Kier molecular flexibility index (Phi) is 3.93. The molecule has 0 radical (unpaired) electrons. The first-order valence-electron chi connectivity index (χ1n) is 6.63. The minimum atomic E-state index is -3.60. The van der Waals surface area contributed by atoms with Crippen molar-refractivity contribution in [1.29, 1.82) is 0 Å². The molecule has 112 valence electrons. The Labute approximate surface area is 119 Å². The third kappa shape index (κ3) is 2.60. The number of aryl methyl sites for hydroxylation is 1. The summed E-state index contributed by atoms with van der Waals surface area (Å²) in [6.45, 7) is 5.14. The van der Waals surface area contributed by atoms with E-state index in [9.17, 15) is 13.2 Å². The molecule has 1 saturated heterocycles. The van der Waals surface area contributed by atoms with Crippen LogP contribution in [0.4, 0.5) is 0 Å². The molecule has 1 aromatic rings. The average molecular weight is 300 g/mol. The fraction of sp³-hybridized carbons (Fsp3) is 0.615. The van der Waals surface area contributed by atoms with Gasteiger partial charge >= 0.3 is 5.97 Å². The van der Waals surface area contributed by atoms with E-state index in [0.717, 1.165) is 6.42 Å². The van der Waals surface area contributed by atoms with Crippen LogP contribution in [0.15, 0.2) is 17.2 Å². The van der Waals surface area contributed by atoms with Gasteiger partial charge in [-0.3, -0.25) is 0 Å². The summed E-state index contributed by atoms with van der Waals surface area (Å²) >= 11 is 0. The lowest BCUT2D eigenvalue weighted by Gasteiger charge is -2.34. The lowest BCUT2D eigenvalue weighted by molar-refractivity contribution is 0.0686. The average Bonchev–Trinajstić information content (AvgIpc) is 2.75. The summed E-state index contributed by atoms with van der Waals surface area (Å²) in [5.41, 5.74) is -0.0259. The van der Waals surface area contributed by atoms with Gasteiger partial charge in [0.25, 0.3) is 0 Å². The number of carbonyl (C=O) groups is 1. The molecule has 6 nitrogen and oxygen atoms in total. The third-order valence-electron chi connectivity index (χ3n) is 4.13. The van der Waals surface area contributed by atoms with Gasteiger partial charge in [-0.05, 0) is 24.3 Å². The van der Waals surface area contributed by atoms with Crippen molar-refractivity contribution in [2.24, 2.45) is 18.9 Å². The van der Waals surface area contributed by atoms with E-state index in [2.05, 4.69) is 6.92 Å². The number of carboxylic acids is 1. The van der Waals surface area contributed by atoms with E-state index in [1.807, 2.05) is 6.92 Å². The van der Waals surface area contributed by atoms with Crippen molar-refractivity contribution in [3.8, 4) is 0 Å². The normalized spacial score (nSPS) is 24.8. The van der Waals surface area contributed by atoms with Crippen LogP contribution in [0.25, 0.3) is 0 Å². The summed E-state index contributed by atoms with van der Waals surface area (Å²) in [6, 6.07) is 1.22. The molecule has 2 heterocycles. The van der Waals surface area contributed by atoms with Gasteiger partial charge in [0.05, 0.1) is 0 Å². The summed E-state index contributed by atoms with van der Waals surface area (Å²) in [5, 5.41) is 9.00. The lowest BCUT2D eigenvalue weighted by atomic mass is 9.90. The van der Waals surface area contributed by atoms with Gasteiger partial charge in [0, 0.05) is 26.3 Å². The first kappa shape index (κ1) is 15.1. The SMILES string of the molecule is CC1CCN(S(=O)(=O)c2cc(C(=O)O)n(C)c2)CC1C. The number of piperidine rings is 1. The second-order valence-electron chi connectivity index (χ2n) is 5.58. The highest BCUT2D eigenvalue weighted by molar-refractivity contribution is 7.89. The first-order chi connectivity index (χ1) is 9.23. The fourth-order valence-electron chi connectivity index (χ4n) is 2.48. The molecule has 0 aromatic carbocycles. The minimum absolute atomic E-state index is 0.0259. The number of nitrogens with zero attached hydrogens (tertiary/aromatic N) is 2. The smallest absolute Gasteiger partial charge is 0.352 e. The molecule has 1 N–H and O–H groups in total. The van der Waals surface area contributed by atoms with Gasteiger partial charge in [-0.2, -0.15) is 4.31 Å². The molecule has 1 aromatic heterocycles. The zero-order valence-corrected chi connectivity index (χ0v) is 12.7. The van der Waals surface area contributed by atoms with Crippen molar-refractivity contribution in [3.63, 3.8) is 0 Å². The Bertz CT molecular complexity index is 620. The van der Waals surface area contributed by atoms with Crippen molar-refractivity contribution in [2.45, 2.75) is 25.2 Å². The molecule has 0 spiro atoms. The molecule has 1 aliphatic heterocycles. The van der Waals surface area contributed by atoms with E-state index in [1.165, 1.54) is 28.2 Å². The summed E-state index contributed by atoms with van der Waals surface area (Å²) in [4.78, 5) is 11.1. The predicted molar refractivity (Wildman–Crippen MR) is 74.1 cm³/mol. The van der Waals surface area contributed by atoms with Crippen LogP contribution in [0.5, 0.6) is 0 Å². The molecule has 0 aliphatic carbocycles. The number of hydrogen-bond acceptors (Lipinski definition) is 3. The number of rotatable bonds is 3. The van der Waals surface area contributed by atoms with Gasteiger partial charge in [-0.1, -0.05) is 13.8 Å². The molecule has 1 fully saturated rings. The van der Waals surface area contributed by atoms with Crippen LogP contribution >= 0.6 is 0 Å². The molecule has 0 saturated carbocycles. The first-order valence-corrected chi connectivity index (χ1v) is 8.07. The van der Waals surface area contributed by atoms with E-state index < -0.39 is 16.0 Å². The van der Waals surface area contributed by atoms with E-state index >= 15 is 0 Å². The van der Waals surface area contributed by atoms with E-state index in [4.69, 9.17) is 5.11 Å². The van der Waals surface area contributed by atoms with Crippen LogP contribution in [0, 0.1) is 11.8 Å². The molecule has 0 amide bonds. The largest absolute Gasteiger partial charge is 0.477 e. The number of aromatic nitrogens is 1. The maximum absolute atomic E-state index is 12.5. The van der Waals surface area contributed by atoms with Gasteiger partial charge in [0.15, 0.2) is 0 Å². The van der Waals surface area contributed by atoms with Crippen molar-refractivity contribution in [1.82, 2.24) is 8.87 Å². The van der Waals surface area contributed by atoms with Gasteiger partial charge in [-0.15, -0.1) is 0 Å². The van der Waals surface area contributed by atoms with Crippen LogP contribution in [0.1, 0.15) is 30.8 Å². The second kappa shape index (κ2) is 5.21. The zero-order valence-electron chi connectivity index (χ0n) is 11.9. The molecule has 7 heteroatoms. The van der Waals surface area contributed by atoms with Crippen LogP contribution in [-0.2, 0) is 17.1 Å². The van der Waals surface area contributed by atoms with Crippen LogP contribution in [0.3, 0.4) is 0 Å². The standard InChI is InChI=1S/C13H20N2O4S/c1-9-4-5-15(7-10(9)2)20(18,19)11-6-12(13(16)17)14(3)8-11/h6,8-10H,4-5,7H2,1-3H3,(H,16,17). The van der Waals surface area contributed by atoms with Gasteiger partial charge in [0.1, 0.15) is 10.6 Å². The van der Waals surface area contributed by atoms with Gasteiger partial charge in [-0.25, -0.2) is 13.2 Å². The minimum Gasteiger partial charge on any atom is -0.477 e. The summed E-state index contributed by atoms with van der Waals surface area (Å²) in [5.74, 6) is -0.317. The number of hydrogen-bond donors (Lipinski definition) is 1. The topological polar surface area (TPSA) is 79.6 Å². The van der Waals surface area contributed by atoms with E-state index in [-0.39, 0.29) is 10.6 Å².